The lowest BCUT2D eigenvalue weighted by atomic mass is 9.99. The van der Waals surface area contributed by atoms with Crippen molar-refractivity contribution in [2.45, 2.75) is 45.5 Å². The second-order valence-electron chi connectivity index (χ2n) is 4.87. The van der Waals surface area contributed by atoms with Crippen molar-refractivity contribution in [1.29, 1.82) is 0 Å². The van der Waals surface area contributed by atoms with Gasteiger partial charge in [-0.05, 0) is 27.2 Å². The van der Waals surface area contributed by atoms with Gasteiger partial charge in [-0.2, -0.15) is 5.10 Å². The fraction of sp³-hybridized carbons (Fsp3) is 0.750. The summed E-state index contributed by atoms with van der Waals surface area (Å²) in [5.74, 6) is 1.64. The summed E-state index contributed by atoms with van der Waals surface area (Å²) in [5, 5.41) is 4.44. The Bertz CT molecular complexity index is 369. The highest BCUT2D eigenvalue weighted by Gasteiger charge is 2.26. The van der Waals surface area contributed by atoms with Crippen LogP contribution in [-0.4, -0.2) is 22.4 Å². The Morgan fingerprint density at radius 3 is 2.44 bits per heavy atom. The maximum atomic E-state index is 6.01. The molecule has 0 N–H and O–H groups in total. The van der Waals surface area contributed by atoms with Gasteiger partial charge < -0.3 is 4.90 Å². The monoisotopic (exact) mass is 243 g/mol. The quantitative estimate of drug-likeness (QED) is 0.758. The number of hydrogen-bond donors (Lipinski definition) is 0. The molecule has 0 amide bonds. The summed E-state index contributed by atoms with van der Waals surface area (Å²) in [7, 11) is 4.08. The molecule has 0 saturated heterocycles. The van der Waals surface area contributed by atoms with Gasteiger partial charge in [0.25, 0.3) is 0 Å². The SMILES string of the molecule is CCC(C)(C)N(C)c1c(CCl)c(C)nn1C. The molecule has 92 valence electrons. The van der Waals surface area contributed by atoms with E-state index in [0.29, 0.717) is 5.88 Å². The predicted molar refractivity (Wildman–Crippen MR) is 70.3 cm³/mol. The number of aromatic nitrogens is 2. The number of aryl methyl sites for hydroxylation is 2. The van der Waals surface area contributed by atoms with E-state index in [1.54, 1.807) is 0 Å². The summed E-state index contributed by atoms with van der Waals surface area (Å²) in [6.07, 6.45) is 1.08. The van der Waals surface area contributed by atoms with E-state index in [1.807, 2.05) is 18.7 Å². The topological polar surface area (TPSA) is 21.1 Å². The van der Waals surface area contributed by atoms with E-state index < -0.39 is 0 Å². The maximum Gasteiger partial charge on any atom is 0.131 e. The maximum absolute atomic E-state index is 6.01. The van der Waals surface area contributed by atoms with Gasteiger partial charge in [-0.25, -0.2) is 0 Å². The highest BCUT2D eigenvalue weighted by Crippen LogP contribution is 2.30. The van der Waals surface area contributed by atoms with Crippen LogP contribution in [0.15, 0.2) is 0 Å². The molecule has 1 aromatic rings. The number of alkyl halides is 1. The average molecular weight is 244 g/mol. The second-order valence-corrected chi connectivity index (χ2v) is 5.14. The Labute approximate surface area is 103 Å². The standard InChI is InChI=1S/C12H22ClN3/c1-7-12(3,4)15(5)11-10(8-13)9(2)14-16(11)6/h7-8H2,1-6H3. The first-order valence-electron chi connectivity index (χ1n) is 5.67. The molecule has 1 heterocycles. The van der Waals surface area contributed by atoms with Crippen LogP contribution in [0.3, 0.4) is 0 Å². The van der Waals surface area contributed by atoms with Crippen LogP contribution in [0.4, 0.5) is 5.82 Å². The molecule has 0 aliphatic heterocycles. The van der Waals surface area contributed by atoms with Crippen LogP contribution in [0.1, 0.15) is 38.4 Å². The second kappa shape index (κ2) is 4.66. The van der Waals surface area contributed by atoms with Crippen LogP contribution in [0.2, 0.25) is 0 Å². The molecule has 0 bridgehead atoms. The zero-order chi connectivity index (χ0) is 12.5. The van der Waals surface area contributed by atoms with Crippen molar-refractivity contribution in [2.75, 3.05) is 11.9 Å². The zero-order valence-electron chi connectivity index (χ0n) is 11.1. The molecule has 1 rings (SSSR count). The van der Waals surface area contributed by atoms with Gasteiger partial charge in [-0.1, -0.05) is 6.92 Å². The average Bonchev–Trinajstić information content (AvgIpc) is 2.51. The number of hydrogen-bond acceptors (Lipinski definition) is 2. The molecular formula is C12H22ClN3. The third kappa shape index (κ3) is 2.19. The van der Waals surface area contributed by atoms with Gasteiger partial charge >= 0.3 is 0 Å². The molecule has 4 heteroatoms. The van der Waals surface area contributed by atoms with Crippen molar-refractivity contribution < 1.29 is 0 Å². The highest BCUT2D eigenvalue weighted by molar-refractivity contribution is 6.17. The van der Waals surface area contributed by atoms with Crippen LogP contribution in [-0.2, 0) is 12.9 Å². The Hall–Kier alpha value is -0.700. The molecule has 0 atom stereocenters. The molecule has 0 aromatic carbocycles. The molecule has 16 heavy (non-hydrogen) atoms. The van der Waals surface area contributed by atoms with Crippen molar-refractivity contribution >= 4 is 17.4 Å². The van der Waals surface area contributed by atoms with Crippen molar-refractivity contribution in [3.8, 4) is 0 Å². The Morgan fingerprint density at radius 2 is 2.00 bits per heavy atom. The molecule has 0 spiro atoms. The lowest BCUT2D eigenvalue weighted by Gasteiger charge is -2.37. The van der Waals surface area contributed by atoms with Gasteiger partial charge in [0.05, 0.1) is 11.6 Å². The summed E-state index contributed by atoms with van der Waals surface area (Å²) in [4.78, 5) is 2.27. The first kappa shape index (κ1) is 13.4. The molecule has 0 unspecified atom stereocenters. The van der Waals surface area contributed by atoms with Gasteiger partial charge in [0.15, 0.2) is 0 Å². The van der Waals surface area contributed by atoms with Crippen molar-refractivity contribution in [3.05, 3.63) is 11.3 Å². The van der Waals surface area contributed by atoms with Crippen LogP contribution in [0.25, 0.3) is 0 Å². The minimum Gasteiger partial charge on any atom is -0.355 e. The van der Waals surface area contributed by atoms with Gasteiger partial charge in [0, 0.05) is 25.2 Å². The van der Waals surface area contributed by atoms with Gasteiger partial charge in [0.1, 0.15) is 5.82 Å². The molecule has 0 aliphatic rings. The van der Waals surface area contributed by atoms with E-state index in [0.717, 1.165) is 23.5 Å². The lowest BCUT2D eigenvalue weighted by molar-refractivity contribution is 0.459. The highest BCUT2D eigenvalue weighted by atomic mass is 35.5. The van der Waals surface area contributed by atoms with Crippen LogP contribution in [0.5, 0.6) is 0 Å². The van der Waals surface area contributed by atoms with E-state index in [9.17, 15) is 0 Å². The summed E-state index contributed by atoms with van der Waals surface area (Å²) in [6, 6.07) is 0. The van der Waals surface area contributed by atoms with Gasteiger partial charge in [0.2, 0.25) is 0 Å². The Kier molecular flexibility index (Phi) is 3.89. The van der Waals surface area contributed by atoms with E-state index >= 15 is 0 Å². The summed E-state index contributed by atoms with van der Waals surface area (Å²) >= 11 is 6.01. The first-order valence-corrected chi connectivity index (χ1v) is 6.20. The normalized spacial score (nSPS) is 11.9. The number of rotatable bonds is 4. The number of halogens is 1. The molecule has 0 radical (unpaired) electrons. The fourth-order valence-corrected chi connectivity index (χ4v) is 2.10. The summed E-state index contributed by atoms with van der Waals surface area (Å²) < 4.78 is 1.92. The van der Waals surface area contributed by atoms with Crippen molar-refractivity contribution in [2.24, 2.45) is 7.05 Å². The molecule has 0 aliphatic carbocycles. The zero-order valence-corrected chi connectivity index (χ0v) is 11.9. The van der Waals surface area contributed by atoms with E-state index in [2.05, 4.69) is 37.8 Å². The van der Waals surface area contributed by atoms with Gasteiger partial charge in [-0.3, -0.25) is 4.68 Å². The minimum atomic E-state index is 0.112. The number of nitrogens with zero attached hydrogens (tertiary/aromatic N) is 3. The van der Waals surface area contributed by atoms with Crippen LogP contribution in [0, 0.1) is 6.92 Å². The van der Waals surface area contributed by atoms with E-state index in [1.165, 1.54) is 0 Å². The van der Waals surface area contributed by atoms with E-state index in [-0.39, 0.29) is 5.54 Å². The number of anilines is 1. The minimum absolute atomic E-state index is 0.112. The lowest BCUT2D eigenvalue weighted by Crippen LogP contribution is -2.42. The Balaban J connectivity index is 3.22. The smallest absolute Gasteiger partial charge is 0.131 e. The third-order valence-corrected chi connectivity index (χ3v) is 3.80. The Morgan fingerprint density at radius 1 is 1.44 bits per heavy atom. The van der Waals surface area contributed by atoms with Gasteiger partial charge in [-0.15, -0.1) is 11.6 Å². The largest absolute Gasteiger partial charge is 0.355 e. The summed E-state index contributed by atoms with van der Waals surface area (Å²) in [5.41, 5.74) is 2.26. The molecule has 0 fully saturated rings. The van der Waals surface area contributed by atoms with Crippen molar-refractivity contribution in [3.63, 3.8) is 0 Å². The van der Waals surface area contributed by atoms with Crippen LogP contribution < -0.4 is 4.90 Å². The van der Waals surface area contributed by atoms with E-state index in [4.69, 9.17) is 11.6 Å². The van der Waals surface area contributed by atoms with Crippen molar-refractivity contribution in [1.82, 2.24) is 9.78 Å². The fourth-order valence-electron chi connectivity index (χ4n) is 1.79. The third-order valence-electron chi connectivity index (χ3n) is 3.54. The summed E-state index contributed by atoms with van der Waals surface area (Å²) in [6.45, 7) is 8.66. The predicted octanol–water partition coefficient (Wildman–Crippen LogP) is 3.09. The molecular weight excluding hydrogens is 222 g/mol. The molecule has 1 aromatic heterocycles. The molecule has 0 saturated carbocycles. The molecule has 3 nitrogen and oxygen atoms in total. The van der Waals surface area contributed by atoms with Crippen LogP contribution >= 0.6 is 11.6 Å². The first-order chi connectivity index (χ1) is 7.35.